The zero-order valence-corrected chi connectivity index (χ0v) is 26.1. The van der Waals surface area contributed by atoms with Gasteiger partial charge in [-0.1, -0.05) is 23.4 Å². The van der Waals surface area contributed by atoms with E-state index < -0.39 is 16.2 Å². The molecule has 14 heteroatoms. The second-order valence-corrected chi connectivity index (χ2v) is 12.1. The summed E-state index contributed by atoms with van der Waals surface area (Å²) in [6, 6.07) is 13.5. The number of ether oxygens (including phenoxy) is 3. The van der Waals surface area contributed by atoms with E-state index in [0.29, 0.717) is 35.5 Å². The van der Waals surface area contributed by atoms with Crippen molar-refractivity contribution < 1.29 is 41.8 Å². The Morgan fingerprint density at radius 2 is 1.96 bits per heavy atom. The Bertz CT molecular complexity index is 1790. The van der Waals surface area contributed by atoms with E-state index in [-0.39, 0.29) is 56.8 Å². The molecular weight excluding hydrogens is 604 g/mol. The quantitative estimate of drug-likeness (QED) is 0.163. The minimum absolute atomic E-state index is 0.000357. The molecule has 1 aliphatic rings. The number of aliphatic hydroxyl groups is 1. The highest BCUT2D eigenvalue weighted by Crippen LogP contribution is 2.38. The molecule has 0 spiro atoms. The highest BCUT2D eigenvalue weighted by Gasteiger charge is 2.33. The highest BCUT2D eigenvalue weighted by molar-refractivity contribution is 7.84. The zero-order valence-electron chi connectivity index (χ0n) is 25.3. The molecule has 240 valence electrons. The molecule has 0 radical (unpaired) electrons. The summed E-state index contributed by atoms with van der Waals surface area (Å²) in [5, 5.41) is 27.6. The number of benzene rings is 3. The smallest absolute Gasteiger partial charge is 0.385 e. The van der Waals surface area contributed by atoms with Gasteiger partial charge in [-0.2, -0.15) is 12.7 Å². The zero-order chi connectivity index (χ0) is 32.1. The van der Waals surface area contributed by atoms with Crippen LogP contribution in [0.4, 0.5) is 0 Å². The summed E-state index contributed by atoms with van der Waals surface area (Å²) in [7, 11) is -2.64. The van der Waals surface area contributed by atoms with Crippen LogP contribution in [0, 0.1) is 6.92 Å². The molecule has 0 bridgehead atoms. The predicted octanol–water partition coefficient (Wildman–Crippen LogP) is 3.19. The van der Waals surface area contributed by atoms with Crippen LogP contribution >= 0.6 is 0 Å². The number of rotatable bonds is 13. The van der Waals surface area contributed by atoms with E-state index in [4.69, 9.17) is 23.5 Å². The molecule has 1 aliphatic heterocycles. The minimum Gasteiger partial charge on any atom is -0.508 e. The summed E-state index contributed by atoms with van der Waals surface area (Å²) >= 11 is 0. The van der Waals surface area contributed by atoms with Crippen LogP contribution in [0.1, 0.15) is 47.1 Å². The summed E-state index contributed by atoms with van der Waals surface area (Å²) in [6.07, 6.45) is 0.0346. The first-order valence-electron chi connectivity index (χ1n) is 14.5. The SMILES string of the molecule is CCOC(=O)CC(c1ccc(OC)c(CN2Cc3cc(O)ccc3OS2(=O)=O)c1)c1ccc2c(nnn2CCOCCO)c1C. The Hall–Kier alpha value is -4.24. The molecule has 1 unspecified atom stereocenters. The molecule has 0 amide bonds. The third-order valence-corrected chi connectivity index (χ3v) is 8.95. The number of aromatic nitrogens is 3. The number of nitrogens with zero attached hydrogens (tertiary/aromatic N) is 4. The number of aryl methyl sites for hydroxylation is 1. The Labute approximate surface area is 261 Å². The maximum atomic E-state index is 13.1. The Morgan fingerprint density at radius 1 is 1.13 bits per heavy atom. The van der Waals surface area contributed by atoms with E-state index in [2.05, 4.69) is 10.3 Å². The van der Waals surface area contributed by atoms with Gasteiger partial charge in [0.1, 0.15) is 22.8 Å². The van der Waals surface area contributed by atoms with Crippen LogP contribution in [0.15, 0.2) is 48.5 Å². The maximum Gasteiger partial charge on any atom is 0.385 e. The second-order valence-electron chi connectivity index (χ2n) is 10.5. The molecular formula is C31H36N4O9S. The largest absolute Gasteiger partial charge is 0.508 e. The van der Waals surface area contributed by atoms with Gasteiger partial charge in [-0.25, -0.2) is 4.68 Å². The fraction of sp³-hybridized carbons (Fsp3) is 0.387. The van der Waals surface area contributed by atoms with E-state index in [0.717, 1.165) is 26.5 Å². The van der Waals surface area contributed by atoms with Gasteiger partial charge in [-0.15, -0.1) is 5.10 Å². The molecule has 5 rings (SSSR count). The van der Waals surface area contributed by atoms with Crippen molar-refractivity contribution in [2.45, 2.75) is 45.8 Å². The number of phenolic OH excluding ortho intramolecular Hbond substituents is 1. The van der Waals surface area contributed by atoms with Crippen LogP contribution < -0.4 is 8.92 Å². The standard InChI is InChI=1S/C31H36N4O9S/c1-4-43-30(38)17-26(25-7-8-27-31(20(25)2)32-33-35(27)11-13-42-14-12-36)21-5-9-28(41-3)22(15-21)18-34-19-23-16-24(37)6-10-29(23)44-45(34,39)40/h5-10,15-16,26,36-37H,4,11-14,17-19H2,1-3H3. The van der Waals surface area contributed by atoms with Crippen LogP contribution in [0.2, 0.25) is 0 Å². The molecule has 45 heavy (non-hydrogen) atoms. The van der Waals surface area contributed by atoms with Gasteiger partial charge in [0.05, 0.1) is 52.0 Å². The van der Waals surface area contributed by atoms with Crippen molar-refractivity contribution >= 4 is 27.3 Å². The summed E-state index contributed by atoms with van der Waals surface area (Å²) in [5.74, 6) is -0.209. The second kappa shape index (κ2) is 13.8. The Kier molecular flexibility index (Phi) is 9.87. The van der Waals surface area contributed by atoms with Crippen LogP contribution in [0.3, 0.4) is 0 Å². The lowest BCUT2D eigenvalue weighted by molar-refractivity contribution is -0.143. The molecule has 2 heterocycles. The van der Waals surface area contributed by atoms with E-state index in [9.17, 15) is 18.3 Å². The first kappa shape index (κ1) is 32.2. The number of carbonyl (C=O) groups is 1. The summed E-state index contributed by atoms with van der Waals surface area (Å²) in [5.41, 5.74) is 4.99. The average Bonchev–Trinajstić information content (AvgIpc) is 3.43. The summed E-state index contributed by atoms with van der Waals surface area (Å²) < 4.78 is 50.6. The van der Waals surface area contributed by atoms with Crippen LogP contribution in [0.25, 0.3) is 11.0 Å². The number of phenols is 1. The molecule has 1 aromatic heterocycles. The minimum atomic E-state index is -4.14. The summed E-state index contributed by atoms with van der Waals surface area (Å²) in [4.78, 5) is 12.9. The van der Waals surface area contributed by atoms with E-state index in [1.807, 2.05) is 31.2 Å². The van der Waals surface area contributed by atoms with Gasteiger partial charge in [0.2, 0.25) is 0 Å². The van der Waals surface area contributed by atoms with Crippen molar-refractivity contribution in [1.82, 2.24) is 19.3 Å². The number of fused-ring (bicyclic) bond motifs is 2. The van der Waals surface area contributed by atoms with Gasteiger partial charge < -0.3 is 28.6 Å². The first-order chi connectivity index (χ1) is 21.6. The van der Waals surface area contributed by atoms with Crippen molar-refractivity contribution in [2.75, 3.05) is 33.5 Å². The van der Waals surface area contributed by atoms with Crippen molar-refractivity contribution in [1.29, 1.82) is 0 Å². The third-order valence-electron chi connectivity index (χ3n) is 7.67. The van der Waals surface area contributed by atoms with Crippen molar-refractivity contribution in [3.05, 3.63) is 76.3 Å². The van der Waals surface area contributed by atoms with Gasteiger partial charge in [-0.05, 0) is 60.9 Å². The molecule has 1 atom stereocenters. The number of hydrogen-bond acceptors (Lipinski definition) is 11. The average molecular weight is 641 g/mol. The molecule has 2 N–H and O–H groups in total. The van der Waals surface area contributed by atoms with Crippen LogP contribution in [0.5, 0.6) is 17.2 Å². The number of hydrogen-bond donors (Lipinski definition) is 2. The van der Waals surface area contributed by atoms with Gasteiger partial charge >= 0.3 is 16.3 Å². The number of methoxy groups -OCH3 is 1. The monoisotopic (exact) mass is 640 g/mol. The lowest BCUT2D eigenvalue weighted by atomic mass is 9.84. The number of esters is 1. The lowest BCUT2D eigenvalue weighted by Gasteiger charge is -2.28. The fourth-order valence-electron chi connectivity index (χ4n) is 5.51. The molecule has 3 aromatic carbocycles. The fourth-order valence-corrected chi connectivity index (χ4v) is 6.60. The number of aromatic hydroxyl groups is 1. The number of aliphatic hydroxyl groups excluding tert-OH is 1. The Balaban J connectivity index is 1.51. The maximum absolute atomic E-state index is 13.1. The van der Waals surface area contributed by atoms with Crippen molar-refractivity contribution in [3.63, 3.8) is 0 Å². The van der Waals surface area contributed by atoms with E-state index in [1.54, 1.807) is 17.7 Å². The molecule has 0 saturated heterocycles. The molecule has 4 aromatic rings. The van der Waals surface area contributed by atoms with E-state index >= 15 is 0 Å². The third kappa shape index (κ3) is 7.04. The van der Waals surface area contributed by atoms with Gasteiger partial charge in [0.15, 0.2) is 0 Å². The predicted molar refractivity (Wildman–Crippen MR) is 163 cm³/mol. The number of carbonyl (C=O) groups excluding carboxylic acids is 1. The van der Waals surface area contributed by atoms with Gasteiger partial charge in [0.25, 0.3) is 0 Å². The van der Waals surface area contributed by atoms with Gasteiger partial charge in [0, 0.05) is 30.1 Å². The topological polar surface area (TPSA) is 163 Å². The van der Waals surface area contributed by atoms with Crippen LogP contribution in [-0.4, -0.2) is 77.4 Å². The highest BCUT2D eigenvalue weighted by atomic mass is 32.2. The van der Waals surface area contributed by atoms with Gasteiger partial charge in [-0.3, -0.25) is 4.79 Å². The van der Waals surface area contributed by atoms with E-state index in [1.165, 1.54) is 25.3 Å². The van der Waals surface area contributed by atoms with Crippen molar-refractivity contribution in [2.24, 2.45) is 0 Å². The van der Waals surface area contributed by atoms with Crippen LogP contribution in [-0.2, 0) is 44.2 Å². The Morgan fingerprint density at radius 3 is 2.71 bits per heavy atom. The molecule has 0 saturated carbocycles. The summed E-state index contributed by atoms with van der Waals surface area (Å²) in [6.45, 7) is 4.81. The molecule has 0 fully saturated rings. The molecule has 0 aliphatic carbocycles. The normalized spacial score (nSPS) is 14.9. The lowest BCUT2D eigenvalue weighted by Crippen LogP contribution is -2.37. The van der Waals surface area contributed by atoms with Crippen molar-refractivity contribution in [3.8, 4) is 17.2 Å². The molecule has 13 nitrogen and oxygen atoms in total. The first-order valence-corrected chi connectivity index (χ1v) is 15.9.